The zero-order valence-electron chi connectivity index (χ0n) is 12.4. The summed E-state index contributed by atoms with van der Waals surface area (Å²) in [6, 6.07) is 16.0. The van der Waals surface area contributed by atoms with Crippen LogP contribution in [0.15, 0.2) is 59.5 Å². The van der Waals surface area contributed by atoms with Crippen molar-refractivity contribution in [3.8, 4) is 0 Å². The van der Waals surface area contributed by atoms with Crippen LogP contribution in [0, 0.1) is 0 Å². The summed E-state index contributed by atoms with van der Waals surface area (Å²) >= 11 is 0. The van der Waals surface area contributed by atoms with E-state index in [0.717, 1.165) is 17.5 Å². The molecule has 6 heteroatoms. The van der Waals surface area contributed by atoms with Gasteiger partial charge in [0.2, 0.25) is 10.0 Å². The first kappa shape index (κ1) is 18.6. The summed E-state index contributed by atoms with van der Waals surface area (Å²) in [5.41, 5.74) is 8.01. The molecule has 0 aromatic heterocycles. The molecule has 1 atom stereocenters. The third-order valence-electron chi connectivity index (χ3n) is 3.36. The van der Waals surface area contributed by atoms with Crippen LogP contribution in [0.2, 0.25) is 0 Å². The maximum absolute atomic E-state index is 12.2. The number of nitrogens with one attached hydrogen (secondary N) is 1. The van der Waals surface area contributed by atoms with E-state index in [1.165, 1.54) is 0 Å². The van der Waals surface area contributed by atoms with E-state index in [-0.39, 0.29) is 29.9 Å². The summed E-state index contributed by atoms with van der Waals surface area (Å²) in [6.45, 7) is 2.20. The minimum Gasteiger partial charge on any atom is -0.323 e. The Morgan fingerprint density at radius 3 is 2.18 bits per heavy atom. The molecule has 0 saturated carbocycles. The number of halogens is 1. The summed E-state index contributed by atoms with van der Waals surface area (Å²) in [7, 11) is -3.52. The van der Waals surface area contributed by atoms with Crippen LogP contribution >= 0.6 is 12.4 Å². The largest absolute Gasteiger partial charge is 0.323 e. The second kappa shape index (κ2) is 8.29. The zero-order chi connectivity index (χ0) is 15.3. The fourth-order valence-corrected chi connectivity index (χ4v) is 3.07. The third kappa shape index (κ3) is 4.81. The standard InChI is InChI=1S/C16H20N2O2S.ClH/c1-2-13-8-10-15(11-9-13)21(19,20)18-12-16(17)14-6-4-3-5-7-14;/h3-11,16,18H,2,12,17H2,1H3;1H. The van der Waals surface area contributed by atoms with Crippen molar-refractivity contribution < 1.29 is 8.42 Å². The Balaban J connectivity index is 0.00000242. The first-order chi connectivity index (χ1) is 10.0. The first-order valence-electron chi connectivity index (χ1n) is 6.92. The summed E-state index contributed by atoms with van der Waals surface area (Å²) in [6.07, 6.45) is 0.882. The molecule has 0 aliphatic rings. The highest BCUT2D eigenvalue weighted by Crippen LogP contribution is 2.13. The van der Waals surface area contributed by atoms with Crippen LogP contribution in [0.3, 0.4) is 0 Å². The van der Waals surface area contributed by atoms with Gasteiger partial charge in [-0.05, 0) is 29.7 Å². The van der Waals surface area contributed by atoms with Crippen LogP contribution in [0.4, 0.5) is 0 Å². The monoisotopic (exact) mass is 340 g/mol. The molecular formula is C16H21ClN2O2S. The molecule has 0 aliphatic heterocycles. The predicted octanol–water partition coefficient (Wildman–Crippen LogP) is 2.65. The number of aryl methyl sites for hydroxylation is 1. The number of rotatable bonds is 6. The van der Waals surface area contributed by atoms with Crippen molar-refractivity contribution in [3.63, 3.8) is 0 Å². The van der Waals surface area contributed by atoms with Gasteiger partial charge in [-0.3, -0.25) is 0 Å². The molecule has 22 heavy (non-hydrogen) atoms. The maximum Gasteiger partial charge on any atom is 0.240 e. The molecular weight excluding hydrogens is 320 g/mol. The van der Waals surface area contributed by atoms with Gasteiger partial charge in [-0.25, -0.2) is 13.1 Å². The van der Waals surface area contributed by atoms with Gasteiger partial charge in [-0.15, -0.1) is 12.4 Å². The molecule has 0 aliphatic carbocycles. The molecule has 0 fully saturated rings. The summed E-state index contributed by atoms with van der Waals surface area (Å²) in [5, 5.41) is 0. The molecule has 2 rings (SSSR count). The van der Waals surface area contributed by atoms with Crippen LogP contribution in [-0.4, -0.2) is 15.0 Å². The molecule has 0 saturated heterocycles. The molecule has 4 nitrogen and oxygen atoms in total. The van der Waals surface area contributed by atoms with Crippen molar-refractivity contribution in [1.29, 1.82) is 0 Å². The van der Waals surface area contributed by atoms with Gasteiger partial charge in [0, 0.05) is 12.6 Å². The lowest BCUT2D eigenvalue weighted by molar-refractivity contribution is 0.572. The molecule has 0 spiro atoms. The van der Waals surface area contributed by atoms with E-state index >= 15 is 0 Å². The average Bonchev–Trinajstić information content (AvgIpc) is 2.53. The second-order valence-electron chi connectivity index (χ2n) is 4.87. The van der Waals surface area contributed by atoms with Gasteiger partial charge in [0.25, 0.3) is 0 Å². The van der Waals surface area contributed by atoms with Crippen molar-refractivity contribution in [1.82, 2.24) is 4.72 Å². The predicted molar refractivity (Wildman–Crippen MR) is 91.6 cm³/mol. The van der Waals surface area contributed by atoms with E-state index in [9.17, 15) is 8.42 Å². The maximum atomic E-state index is 12.2. The Hall–Kier alpha value is -1.40. The molecule has 3 N–H and O–H groups in total. The molecule has 1 unspecified atom stereocenters. The summed E-state index contributed by atoms with van der Waals surface area (Å²) in [5.74, 6) is 0. The smallest absolute Gasteiger partial charge is 0.240 e. The second-order valence-corrected chi connectivity index (χ2v) is 6.63. The van der Waals surface area contributed by atoms with E-state index in [1.54, 1.807) is 12.1 Å². The number of hydrogen-bond donors (Lipinski definition) is 2. The molecule has 0 amide bonds. The highest BCUT2D eigenvalue weighted by Gasteiger charge is 2.15. The van der Waals surface area contributed by atoms with Gasteiger partial charge in [0.15, 0.2) is 0 Å². The Morgan fingerprint density at radius 1 is 1.05 bits per heavy atom. The van der Waals surface area contributed by atoms with Crippen LogP contribution in [0.1, 0.15) is 24.1 Å². The van der Waals surface area contributed by atoms with Gasteiger partial charge in [0.05, 0.1) is 4.90 Å². The van der Waals surface area contributed by atoms with Gasteiger partial charge in [-0.2, -0.15) is 0 Å². The zero-order valence-corrected chi connectivity index (χ0v) is 14.0. The average molecular weight is 341 g/mol. The van der Waals surface area contributed by atoms with Crippen LogP contribution in [0.25, 0.3) is 0 Å². The fourth-order valence-electron chi connectivity index (χ4n) is 2.01. The van der Waals surface area contributed by atoms with E-state index < -0.39 is 10.0 Å². The van der Waals surface area contributed by atoms with E-state index in [4.69, 9.17) is 5.73 Å². The van der Waals surface area contributed by atoms with Crippen LogP contribution in [0.5, 0.6) is 0 Å². The molecule has 2 aromatic carbocycles. The van der Waals surface area contributed by atoms with Crippen molar-refractivity contribution in [3.05, 3.63) is 65.7 Å². The van der Waals surface area contributed by atoms with Gasteiger partial charge < -0.3 is 5.73 Å². The summed E-state index contributed by atoms with van der Waals surface area (Å²) < 4.78 is 27.0. The van der Waals surface area contributed by atoms with E-state index in [1.807, 2.05) is 49.4 Å². The van der Waals surface area contributed by atoms with Crippen LogP contribution in [-0.2, 0) is 16.4 Å². The minimum atomic E-state index is -3.52. The molecule has 120 valence electrons. The third-order valence-corrected chi connectivity index (χ3v) is 4.80. The Bertz CT molecular complexity index is 673. The van der Waals surface area contributed by atoms with E-state index in [2.05, 4.69) is 4.72 Å². The van der Waals surface area contributed by atoms with Crippen molar-refractivity contribution in [2.45, 2.75) is 24.3 Å². The number of hydrogen-bond acceptors (Lipinski definition) is 3. The Labute approximate surface area is 138 Å². The molecule has 0 radical (unpaired) electrons. The highest BCUT2D eigenvalue weighted by molar-refractivity contribution is 7.89. The first-order valence-corrected chi connectivity index (χ1v) is 8.40. The highest BCUT2D eigenvalue weighted by atomic mass is 35.5. The lowest BCUT2D eigenvalue weighted by Crippen LogP contribution is -2.31. The lowest BCUT2D eigenvalue weighted by atomic mass is 10.1. The SMILES string of the molecule is CCc1ccc(S(=O)(=O)NCC(N)c2ccccc2)cc1.Cl. The van der Waals surface area contributed by atoms with Gasteiger partial charge >= 0.3 is 0 Å². The molecule has 2 aromatic rings. The fraction of sp³-hybridized carbons (Fsp3) is 0.250. The number of sulfonamides is 1. The Morgan fingerprint density at radius 2 is 1.64 bits per heavy atom. The molecule has 0 heterocycles. The number of nitrogens with two attached hydrogens (primary N) is 1. The van der Waals surface area contributed by atoms with Gasteiger partial charge in [0.1, 0.15) is 0 Å². The lowest BCUT2D eigenvalue weighted by Gasteiger charge is -2.13. The minimum absolute atomic E-state index is 0. The van der Waals surface area contributed by atoms with Crippen molar-refractivity contribution in [2.75, 3.05) is 6.54 Å². The van der Waals surface area contributed by atoms with E-state index in [0.29, 0.717) is 0 Å². The number of benzene rings is 2. The summed E-state index contributed by atoms with van der Waals surface area (Å²) in [4.78, 5) is 0.264. The van der Waals surface area contributed by atoms with Gasteiger partial charge in [-0.1, -0.05) is 49.4 Å². The quantitative estimate of drug-likeness (QED) is 0.849. The van der Waals surface area contributed by atoms with Crippen molar-refractivity contribution >= 4 is 22.4 Å². The van der Waals surface area contributed by atoms with Crippen molar-refractivity contribution in [2.24, 2.45) is 5.73 Å². The van der Waals surface area contributed by atoms with Crippen LogP contribution < -0.4 is 10.5 Å². The molecule has 0 bridgehead atoms. The normalized spacial score (nSPS) is 12.5. The topological polar surface area (TPSA) is 72.2 Å². The Kier molecular flexibility index (Phi) is 7.03.